The minimum atomic E-state index is -0.718. The highest BCUT2D eigenvalue weighted by atomic mass is 16.5. The summed E-state index contributed by atoms with van der Waals surface area (Å²) in [5, 5.41) is 3.39. The molecule has 0 radical (unpaired) electrons. The number of piperidine rings is 1. The van der Waals surface area contributed by atoms with Gasteiger partial charge in [-0.05, 0) is 95.9 Å². The van der Waals surface area contributed by atoms with Crippen molar-refractivity contribution in [2.24, 2.45) is 5.92 Å². The zero-order chi connectivity index (χ0) is 23.3. The first kappa shape index (κ1) is 24.0. The molecular formula is C27H35NO4. The zero-order valence-electron chi connectivity index (χ0n) is 19.9. The molecule has 1 heterocycles. The van der Waals surface area contributed by atoms with Crippen LogP contribution in [0.1, 0.15) is 71.9 Å². The van der Waals surface area contributed by atoms with Crippen LogP contribution in [0.4, 0.5) is 0 Å². The molecule has 0 amide bonds. The maximum atomic E-state index is 13.4. The number of carbonyl (C=O) groups is 2. The van der Waals surface area contributed by atoms with E-state index < -0.39 is 5.60 Å². The molecule has 2 aromatic rings. The lowest BCUT2D eigenvalue weighted by Gasteiger charge is -2.40. The molecule has 1 aliphatic heterocycles. The first-order valence-electron chi connectivity index (χ1n) is 11.5. The molecule has 5 heteroatoms. The van der Waals surface area contributed by atoms with Crippen LogP contribution in [0.2, 0.25) is 0 Å². The van der Waals surface area contributed by atoms with E-state index in [9.17, 15) is 9.59 Å². The number of para-hydroxylation sites is 1. The quantitative estimate of drug-likeness (QED) is 0.425. The number of aldehydes is 1. The van der Waals surface area contributed by atoms with Crippen LogP contribution in [0.25, 0.3) is 0 Å². The van der Waals surface area contributed by atoms with Gasteiger partial charge in [-0.15, -0.1) is 0 Å². The van der Waals surface area contributed by atoms with Gasteiger partial charge in [0.05, 0.1) is 18.1 Å². The molecule has 1 N–H and O–H groups in total. The highest BCUT2D eigenvalue weighted by Crippen LogP contribution is 2.37. The van der Waals surface area contributed by atoms with Crippen molar-refractivity contribution in [3.63, 3.8) is 0 Å². The second kappa shape index (κ2) is 10.3. The fourth-order valence-electron chi connectivity index (χ4n) is 4.47. The Labute approximate surface area is 191 Å². The van der Waals surface area contributed by atoms with E-state index >= 15 is 0 Å². The van der Waals surface area contributed by atoms with Gasteiger partial charge in [-0.25, -0.2) is 0 Å². The fourth-order valence-corrected chi connectivity index (χ4v) is 4.47. The first-order valence-corrected chi connectivity index (χ1v) is 11.5. The number of hydrogen-bond acceptors (Lipinski definition) is 5. The van der Waals surface area contributed by atoms with Gasteiger partial charge in [-0.1, -0.05) is 12.1 Å². The lowest BCUT2D eigenvalue weighted by atomic mass is 9.78. The standard InChI is InChI=1S/C27H35NO4/c1-18(2)31-25-10-9-21(15-20(25)4)24(30)16-27(5,23-11-13-28-14-12-23)32-26-19(3)7-6-8-22(26)17-29/h6-10,15,17-18,23,28H,11-14,16H2,1-5H3. The van der Waals surface area contributed by atoms with Crippen LogP contribution < -0.4 is 14.8 Å². The van der Waals surface area contributed by atoms with Gasteiger partial charge < -0.3 is 14.8 Å². The van der Waals surface area contributed by atoms with Gasteiger partial charge >= 0.3 is 0 Å². The van der Waals surface area contributed by atoms with Gasteiger partial charge in [0, 0.05) is 11.5 Å². The molecule has 5 nitrogen and oxygen atoms in total. The third-order valence-corrected chi connectivity index (χ3v) is 6.28. The number of hydrogen-bond donors (Lipinski definition) is 1. The molecular weight excluding hydrogens is 402 g/mol. The van der Waals surface area contributed by atoms with E-state index in [-0.39, 0.29) is 24.2 Å². The number of ketones is 1. The summed E-state index contributed by atoms with van der Waals surface area (Å²) in [5.41, 5.74) is 2.29. The second-order valence-corrected chi connectivity index (χ2v) is 9.30. The largest absolute Gasteiger partial charge is 0.491 e. The molecule has 1 atom stereocenters. The van der Waals surface area contributed by atoms with Crippen molar-refractivity contribution in [2.75, 3.05) is 13.1 Å². The molecule has 0 aromatic heterocycles. The monoisotopic (exact) mass is 437 g/mol. The minimum absolute atomic E-state index is 0.0338. The summed E-state index contributed by atoms with van der Waals surface area (Å²) in [6.07, 6.45) is 2.99. The van der Waals surface area contributed by atoms with Crippen molar-refractivity contribution < 1.29 is 19.1 Å². The van der Waals surface area contributed by atoms with Gasteiger partial charge in [-0.3, -0.25) is 9.59 Å². The number of Topliss-reactive ketones (excluding diaryl/α,β-unsaturated/α-hetero) is 1. The van der Waals surface area contributed by atoms with Crippen molar-refractivity contribution in [3.8, 4) is 11.5 Å². The molecule has 1 fully saturated rings. The van der Waals surface area contributed by atoms with Crippen LogP contribution in [0.15, 0.2) is 36.4 Å². The molecule has 1 unspecified atom stereocenters. The number of nitrogens with one attached hydrogen (secondary N) is 1. The van der Waals surface area contributed by atoms with Crippen molar-refractivity contribution in [3.05, 3.63) is 58.7 Å². The van der Waals surface area contributed by atoms with Crippen LogP contribution in [-0.4, -0.2) is 36.9 Å². The fraction of sp³-hybridized carbons (Fsp3) is 0.481. The Hall–Kier alpha value is -2.66. The highest BCUT2D eigenvalue weighted by Gasteiger charge is 2.40. The number of aryl methyl sites for hydroxylation is 2. The lowest BCUT2D eigenvalue weighted by molar-refractivity contribution is 0.00578. The molecule has 0 saturated carbocycles. The molecule has 0 bridgehead atoms. The smallest absolute Gasteiger partial charge is 0.166 e. The Morgan fingerprint density at radius 2 is 1.88 bits per heavy atom. The summed E-state index contributed by atoms with van der Waals surface area (Å²) in [6.45, 7) is 11.7. The van der Waals surface area contributed by atoms with Crippen LogP contribution in [0.3, 0.4) is 0 Å². The zero-order valence-corrected chi connectivity index (χ0v) is 19.9. The van der Waals surface area contributed by atoms with Gasteiger partial charge in [0.15, 0.2) is 12.1 Å². The van der Waals surface area contributed by atoms with E-state index in [1.165, 1.54) is 0 Å². The number of rotatable bonds is 9. The average Bonchev–Trinajstić information content (AvgIpc) is 2.77. The lowest BCUT2D eigenvalue weighted by Crippen LogP contribution is -2.47. The van der Waals surface area contributed by atoms with E-state index in [2.05, 4.69) is 5.32 Å². The summed E-state index contributed by atoms with van der Waals surface area (Å²) in [5.74, 6) is 1.61. The van der Waals surface area contributed by atoms with Gasteiger partial charge in [0.1, 0.15) is 17.1 Å². The number of ether oxygens (including phenoxy) is 2. The molecule has 1 saturated heterocycles. The SMILES string of the molecule is Cc1cc(C(=O)CC(C)(Oc2c(C)cccc2C=O)C2CCNCC2)ccc1OC(C)C. The molecule has 32 heavy (non-hydrogen) atoms. The summed E-state index contributed by atoms with van der Waals surface area (Å²) < 4.78 is 12.4. The van der Waals surface area contributed by atoms with Gasteiger partial charge in [-0.2, -0.15) is 0 Å². The van der Waals surface area contributed by atoms with Crippen molar-refractivity contribution >= 4 is 12.1 Å². The first-order chi connectivity index (χ1) is 15.2. The average molecular weight is 438 g/mol. The van der Waals surface area contributed by atoms with Gasteiger partial charge in [0.2, 0.25) is 0 Å². The van der Waals surface area contributed by atoms with Crippen LogP contribution in [0.5, 0.6) is 11.5 Å². The van der Waals surface area contributed by atoms with E-state index in [1.54, 1.807) is 6.07 Å². The van der Waals surface area contributed by atoms with E-state index in [1.807, 2.05) is 65.0 Å². The molecule has 0 aliphatic carbocycles. The van der Waals surface area contributed by atoms with Crippen LogP contribution >= 0.6 is 0 Å². The van der Waals surface area contributed by atoms with Crippen LogP contribution in [-0.2, 0) is 0 Å². The Bertz CT molecular complexity index is 962. The maximum Gasteiger partial charge on any atom is 0.166 e. The topological polar surface area (TPSA) is 64.6 Å². The summed E-state index contributed by atoms with van der Waals surface area (Å²) >= 11 is 0. The van der Waals surface area contributed by atoms with E-state index in [0.717, 1.165) is 49.1 Å². The summed E-state index contributed by atoms with van der Waals surface area (Å²) in [6, 6.07) is 11.1. The molecule has 1 aliphatic rings. The normalized spacial score (nSPS) is 16.4. The summed E-state index contributed by atoms with van der Waals surface area (Å²) in [7, 11) is 0. The Morgan fingerprint density at radius 1 is 1.16 bits per heavy atom. The summed E-state index contributed by atoms with van der Waals surface area (Å²) in [4.78, 5) is 25.1. The predicted molar refractivity (Wildman–Crippen MR) is 127 cm³/mol. The molecule has 2 aromatic carbocycles. The number of carbonyl (C=O) groups excluding carboxylic acids is 2. The third-order valence-electron chi connectivity index (χ3n) is 6.28. The minimum Gasteiger partial charge on any atom is -0.491 e. The molecule has 0 spiro atoms. The van der Waals surface area contributed by atoms with E-state index in [4.69, 9.17) is 9.47 Å². The maximum absolute atomic E-state index is 13.4. The van der Waals surface area contributed by atoms with Crippen molar-refractivity contribution in [1.29, 1.82) is 0 Å². The molecule has 172 valence electrons. The second-order valence-electron chi connectivity index (χ2n) is 9.30. The Morgan fingerprint density at radius 3 is 2.50 bits per heavy atom. The third kappa shape index (κ3) is 5.57. The Balaban J connectivity index is 1.90. The van der Waals surface area contributed by atoms with Crippen LogP contribution in [0, 0.1) is 19.8 Å². The predicted octanol–water partition coefficient (Wildman–Crippen LogP) is 5.31. The Kier molecular flexibility index (Phi) is 7.73. The van der Waals surface area contributed by atoms with E-state index in [0.29, 0.717) is 16.9 Å². The number of benzene rings is 2. The van der Waals surface area contributed by atoms with Crippen molar-refractivity contribution in [2.45, 2.75) is 65.6 Å². The van der Waals surface area contributed by atoms with Gasteiger partial charge in [0.25, 0.3) is 0 Å². The molecule has 3 rings (SSSR count). The van der Waals surface area contributed by atoms with Crippen molar-refractivity contribution in [1.82, 2.24) is 5.32 Å². The highest BCUT2D eigenvalue weighted by molar-refractivity contribution is 5.97.